The first kappa shape index (κ1) is 19.0. The first-order valence-corrected chi connectivity index (χ1v) is 8.53. The molecule has 0 aliphatic heterocycles. The second-order valence-corrected chi connectivity index (χ2v) is 5.90. The predicted molar refractivity (Wildman–Crippen MR) is 103 cm³/mol. The maximum atomic E-state index is 4.09. The van der Waals surface area contributed by atoms with E-state index in [9.17, 15) is 0 Å². The zero-order chi connectivity index (χ0) is 17.2. The van der Waals surface area contributed by atoms with Crippen LogP contribution in [-0.2, 0) is 6.54 Å². The minimum Gasteiger partial charge on any atom is -0.367 e. The monoisotopic (exact) mass is 309 g/mol. The normalized spacial score (nSPS) is 13.4. The molecule has 1 aromatic rings. The quantitative estimate of drug-likeness (QED) is 0.522. The molecule has 0 fully saturated rings. The molecule has 0 aliphatic carbocycles. The molecular weight excluding hydrogens is 278 g/mol. The lowest BCUT2D eigenvalue weighted by molar-refractivity contribution is 0.364. The van der Waals surface area contributed by atoms with Crippen LogP contribution in [0.3, 0.4) is 0 Å². The number of allylic oxidation sites excluding steroid dienone is 6. The Kier molecular flexibility index (Phi) is 8.18. The Hall–Kier alpha value is -2.02. The first-order valence-electron chi connectivity index (χ1n) is 8.53. The highest BCUT2D eigenvalue weighted by Crippen LogP contribution is 2.27. The maximum absolute atomic E-state index is 4.09. The Morgan fingerprint density at radius 2 is 1.83 bits per heavy atom. The lowest BCUT2D eigenvalue weighted by Gasteiger charge is -2.28. The molecule has 0 heterocycles. The van der Waals surface area contributed by atoms with Crippen LogP contribution >= 0.6 is 0 Å². The van der Waals surface area contributed by atoms with Gasteiger partial charge in [0.15, 0.2) is 0 Å². The number of nitrogens with zero attached hydrogens (tertiary/aromatic N) is 1. The van der Waals surface area contributed by atoms with Crippen LogP contribution in [0.2, 0.25) is 0 Å². The summed E-state index contributed by atoms with van der Waals surface area (Å²) in [5.41, 5.74) is 5.17. The van der Waals surface area contributed by atoms with Crippen molar-refractivity contribution in [3.8, 4) is 0 Å². The predicted octanol–water partition coefficient (Wildman–Crippen LogP) is 6.13. The van der Waals surface area contributed by atoms with Gasteiger partial charge >= 0.3 is 0 Å². The third kappa shape index (κ3) is 5.28. The van der Waals surface area contributed by atoms with Crippen molar-refractivity contribution in [2.75, 3.05) is 6.54 Å². The van der Waals surface area contributed by atoms with E-state index < -0.39 is 0 Å². The van der Waals surface area contributed by atoms with Crippen molar-refractivity contribution < 1.29 is 0 Å². The van der Waals surface area contributed by atoms with E-state index in [1.165, 1.54) is 22.4 Å². The molecule has 1 aromatic carbocycles. The fraction of sp³-hybridized carbons (Fsp3) is 0.364. The third-order valence-corrected chi connectivity index (χ3v) is 3.99. The standard InChI is InChI=1S/C22H31N/c1-7-14-21(20(8-2)18(5)6)22(9-3)23(10-4)17-19-15-12-11-13-16-19/h7-9,11-16,18H,3,10,17H2,1-2,4-6H3/b14-7?,20-8-,22-21-. The van der Waals surface area contributed by atoms with Gasteiger partial charge in [-0.15, -0.1) is 0 Å². The third-order valence-electron chi connectivity index (χ3n) is 3.99. The summed E-state index contributed by atoms with van der Waals surface area (Å²) in [5.74, 6) is 0.483. The van der Waals surface area contributed by atoms with Crippen LogP contribution in [0.1, 0.15) is 40.2 Å². The molecule has 1 nitrogen and oxygen atoms in total. The molecular formula is C22H31N. The topological polar surface area (TPSA) is 3.24 Å². The number of hydrogen-bond acceptors (Lipinski definition) is 1. The highest BCUT2D eigenvalue weighted by Gasteiger charge is 2.15. The van der Waals surface area contributed by atoms with Gasteiger partial charge in [0.05, 0.1) is 0 Å². The fourth-order valence-electron chi connectivity index (χ4n) is 2.88. The molecule has 0 aliphatic rings. The average molecular weight is 309 g/mol. The zero-order valence-electron chi connectivity index (χ0n) is 15.3. The van der Waals surface area contributed by atoms with Gasteiger partial charge in [0.1, 0.15) is 0 Å². The molecule has 0 saturated carbocycles. The van der Waals surface area contributed by atoms with Gasteiger partial charge in [-0.2, -0.15) is 0 Å². The second kappa shape index (κ2) is 9.89. The Labute approximate surface area is 142 Å². The van der Waals surface area contributed by atoms with Gasteiger partial charge < -0.3 is 4.90 Å². The molecule has 0 bridgehead atoms. The average Bonchev–Trinajstić information content (AvgIpc) is 2.55. The van der Waals surface area contributed by atoms with Crippen molar-refractivity contribution in [3.05, 3.63) is 83.6 Å². The van der Waals surface area contributed by atoms with Gasteiger partial charge in [-0.05, 0) is 43.9 Å². The molecule has 0 aromatic heterocycles. The summed E-state index contributed by atoms with van der Waals surface area (Å²) < 4.78 is 0. The van der Waals surface area contributed by atoms with E-state index in [1.807, 2.05) is 6.08 Å². The summed E-state index contributed by atoms with van der Waals surface area (Å²) in [7, 11) is 0. The molecule has 0 unspecified atom stereocenters. The highest BCUT2D eigenvalue weighted by atomic mass is 15.1. The molecule has 0 spiro atoms. The summed E-state index contributed by atoms with van der Waals surface area (Å²) >= 11 is 0. The summed E-state index contributed by atoms with van der Waals surface area (Å²) in [6.45, 7) is 16.8. The maximum Gasteiger partial charge on any atom is 0.0439 e. The number of likely N-dealkylation sites (N-methyl/N-ethyl adjacent to an activating group) is 1. The van der Waals surface area contributed by atoms with Crippen LogP contribution in [-0.4, -0.2) is 11.4 Å². The molecule has 0 N–H and O–H groups in total. The Bertz CT molecular complexity index is 573. The molecule has 0 atom stereocenters. The molecule has 0 amide bonds. The van der Waals surface area contributed by atoms with E-state index in [-0.39, 0.29) is 0 Å². The number of hydrogen-bond donors (Lipinski definition) is 0. The van der Waals surface area contributed by atoms with E-state index >= 15 is 0 Å². The van der Waals surface area contributed by atoms with Crippen LogP contribution in [0, 0.1) is 5.92 Å². The van der Waals surface area contributed by atoms with Gasteiger partial charge in [-0.25, -0.2) is 0 Å². The van der Waals surface area contributed by atoms with Gasteiger partial charge in [-0.1, -0.05) is 69.0 Å². The molecule has 23 heavy (non-hydrogen) atoms. The smallest absolute Gasteiger partial charge is 0.0439 e. The number of rotatable bonds is 8. The van der Waals surface area contributed by atoms with Crippen molar-refractivity contribution in [2.24, 2.45) is 5.92 Å². The Morgan fingerprint density at radius 1 is 1.17 bits per heavy atom. The lowest BCUT2D eigenvalue weighted by Crippen LogP contribution is -2.23. The van der Waals surface area contributed by atoms with Gasteiger partial charge in [0, 0.05) is 24.4 Å². The SMILES string of the molecule is C=C/C(=C(C=CC)/C(=C\C)C(C)C)N(CC)Cc1ccccc1. The van der Waals surface area contributed by atoms with Crippen molar-refractivity contribution in [2.45, 2.75) is 41.2 Å². The summed E-state index contributed by atoms with van der Waals surface area (Å²) in [6.07, 6.45) is 8.54. The minimum absolute atomic E-state index is 0.483. The summed E-state index contributed by atoms with van der Waals surface area (Å²) in [4.78, 5) is 2.39. The second-order valence-electron chi connectivity index (χ2n) is 5.90. The Balaban J connectivity index is 3.33. The van der Waals surface area contributed by atoms with Crippen LogP contribution in [0.25, 0.3) is 0 Å². The van der Waals surface area contributed by atoms with E-state index in [0.29, 0.717) is 5.92 Å². The Morgan fingerprint density at radius 3 is 2.26 bits per heavy atom. The van der Waals surface area contributed by atoms with Crippen LogP contribution in [0.5, 0.6) is 0 Å². The van der Waals surface area contributed by atoms with Crippen LogP contribution in [0.15, 0.2) is 78.1 Å². The van der Waals surface area contributed by atoms with E-state index in [4.69, 9.17) is 0 Å². The van der Waals surface area contributed by atoms with Crippen molar-refractivity contribution in [3.63, 3.8) is 0 Å². The highest BCUT2D eigenvalue weighted by molar-refractivity contribution is 5.47. The molecule has 0 radical (unpaired) electrons. The van der Waals surface area contributed by atoms with Crippen molar-refractivity contribution in [1.29, 1.82) is 0 Å². The van der Waals surface area contributed by atoms with Crippen molar-refractivity contribution in [1.82, 2.24) is 4.90 Å². The van der Waals surface area contributed by atoms with Crippen LogP contribution < -0.4 is 0 Å². The van der Waals surface area contributed by atoms with E-state index in [1.54, 1.807) is 0 Å². The lowest BCUT2D eigenvalue weighted by atomic mass is 9.92. The van der Waals surface area contributed by atoms with Crippen molar-refractivity contribution >= 4 is 0 Å². The number of benzene rings is 1. The fourth-order valence-corrected chi connectivity index (χ4v) is 2.88. The molecule has 0 saturated heterocycles. The van der Waals surface area contributed by atoms with Crippen LogP contribution in [0.4, 0.5) is 0 Å². The summed E-state index contributed by atoms with van der Waals surface area (Å²) in [5, 5.41) is 0. The van der Waals surface area contributed by atoms with Gasteiger partial charge in [-0.3, -0.25) is 0 Å². The molecule has 1 heteroatoms. The minimum atomic E-state index is 0.483. The van der Waals surface area contributed by atoms with E-state index in [2.05, 4.69) is 94.7 Å². The first-order chi connectivity index (χ1) is 11.1. The summed E-state index contributed by atoms with van der Waals surface area (Å²) in [6, 6.07) is 10.6. The van der Waals surface area contributed by atoms with Gasteiger partial charge in [0.2, 0.25) is 0 Å². The van der Waals surface area contributed by atoms with E-state index in [0.717, 1.165) is 13.1 Å². The molecule has 124 valence electrons. The largest absolute Gasteiger partial charge is 0.367 e. The van der Waals surface area contributed by atoms with Gasteiger partial charge in [0.25, 0.3) is 0 Å². The zero-order valence-corrected chi connectivity index (χ0v) is 15.3. The molecule has 1 rings (SSSR count).